The average Bonchev–Trinajstić information content (AvgIpc) is 2.73. The number of carbonyl (C=O) groups excluding carboxylic acids is 1. The second-order valence-electron chi connectivity index (χ2n) is 8.88. The van der Waals surface area contributed by atoms with Crippen molar-refractivity contribution in [3.63, 3.8) is 0 Å². The zero-order chi connectivity index (χ0) is 23.0. The molecular formula is C27H40ClNO3. The fourth-order valence-electron chi connectivity index (χ4n) is 4.26. The van der Waals surface area contributed by atoms with Gasteiger partial charge in [0.1, 0.15) is 11.5 Å². The highest BCUT2D eigenvalue weighted by molar-refractivity contribution is 5.85. The summed E-state index contributed by atoms with van der Waals surface area (Å²) in [5.74, 6) is 0.591. The number of hydrogen-bond donors (Lipinski definition) is 1. The van der Waals surface area contributed by atoms with E-state index < -0.39 is 0 Å². The number of hydrogen-bond acceptors (Lipinski definition) is 4. The third kappa shape index (κ3) is 7.53. The van der Waals surface area contributed by atoms with Crippen LogP contribution in [0.1, 0.15) is 82.9 Å². The zero-order valence-corrected chi connectivity index (χ0v) is 21.2. The van der Waals surface area contributed by atoms with Crippen molar-refractivity contribution >= 4 is 18.4 Å². The first-order valence-corrected chi connectivity index (χ1v) is 11.6. The van der Waals surface area contributed by atoms with Gasteiger partial charge in [0.05, 0.1) is 0 Å². The third-order valence-corrected chi connectivity index (χ3v) is 5.96. The number of phenolic OH excluding ortho intramolecular Hbond substituents is 1. The van der Waals surface area contributed by atoms with E-state index in [-0.39, 0.29) is 30.0 Å². The fourth-order valence-corrected chi connectivity index (χ4v) is 4.26. The number of carbonyl (C=O) groups is 1. The number of phenols is 1. The first kappa shape index (κ1) is 28.0. The van der Waals surface area contributed by atoms with E-state index in [1.165, 1.54) is 0 Å². The van der Waals surface area contributed by atoms with Gasteiger partial charge in [-0.25, -0.2) is 0 Å². The van der Waals surface area contributed by atoms with Crippen LogP contribution in [0.15, 0.2) is 42.5 Å². The Labute approximate surface area is 200 Å². The molecule has 32 heavy (non-hydrogen) atoms. The Morgan fingerprint density at radius 3 is 2.22 bits per heavy atom. The standard InChI is InChI=1S/C27H39NO3.ClH/c1-7-8-14-26(30)31-25-16-15-24(29)21(6)27(25)23(22-12-10-9-11-13-22)17-18-28(19(2)3)20(4)5;/h9-13,15-16,19-20,23,29H,7-8,14,17-18H2,1-6H3;1H. The number of esters is 1. The number of nitrogens with zero attached hydrogens (tertiary/aromatic N) is 1. The highest BCUT2D eigenvalue weighted by atomic mass is 35.5. The lowest BCUT2D eigenvalue weighted by atomic mass is 9.84. The van der Waals surface area contributed by atoms with Gasteiger partial charge in [-0.15, -0.1) is 12.4 Å². The summed E-state index contributed by atoms with van der Waals surface area (Å²) in [7, 11) is 0. The summed E-state index contributed by atoms with van der Waals surface area (Å²) < 4.78 is 5.82. The van der Waals surface area contributed by atoms with Crippen molar-refractivity contribution in [1.82, 2.24) is 4.90 Å². The van der Waals surface area contributed by atoms with E-state index in [9.17, 15) is 9.90 Å². The van der Waals surface area contributed by atoms with E-state index in [2.05, 4.69) is 51.7 Å². The molecule has 1 N–H and O–H groups in total. The minimum Gasteiger partial charge on any atom is -0.508 e. The Kier molecular flexibility index (Phi) is 11.8. The Morgan fingerprint density at radius 1 is 1.03 bits per heavy atom. The molecule has 1 atom stereocenters. The first-order chi connectivity index (χ1) is 14.8. The summed E-state index contributed by atoms with van der Waals surface area (Å²) in [6, 6.07) is 14.6. The van der Waals surface area contributed by atoms with Gasteiger partial charge in [0, 0.05) is 30.0 Å². The third-order valence-electron chi connectivity index (χ3n) is 5.96. The largest absolute Gasteiger partial charge is 0.508 e. The minimum atomic E-state index is -0.217. The van der Waals surface area contributed by atoms with Crippen LogP contribution in [0.3, 0.4) is 0 Å². The van der Waals surface area contributed by atoms with Gasteiger partial charge in [0.2, 0.25) is 0 Å². The van der Waals surface area contributed by atoms with Gasteiger partial charge in [-0.3, -0.25) is 9.69 Å². The summed E-state index contributed by atoms with van der Waals surface area (Å²) in [6.45, 7) is 13.8. The molecule has 178 valence electrons. The molecule has 2 rings (SSSR count). The van der Waals surface area contributed by atoms with Crippen molar-refractivity contribution in [3.05, 3.63) is 59.2 Å². The highest BCUT2D eigenvalue weighted by Gasteiger charge is 2.25. The normalized spacial score (nSPS) is 12.2. The average molecular weight is 462 g/mol. The van der Waals surface area contributed by atoms with Crippen molar-refractivity contribution in [1.29, 1.82) is 0 Å². The zero-order valence-electron chi connectivity index (χ0n) is 20.4. The van der Waals surface area contributed by atoms with Crippen molar-refractivity contribution in [2.75, 3.05) is 6.54 Å². The number of halogens is 1. The van der Waals surface area contributed by atoms with E-state index in [0.717, 1.165) is 42.5 Å². The van der Waals surface area contributed by atoms with Crippen LogP contribution in [0.25, 0.3) is 0 Å². The summed E-state index contributed by atoms with van der Waals surface area (Å²) in [5, 5.41) is 10.5. The maximum Gasteiger partial charge on any atom is 0.311 e. The Morgan fingerprint density at radius 2 is 1.66 bits per heavy atom. The molecule has 5 heteroatoms. The van der Waals surface area contributed by atoms with Crippen LogP contribution < -0.4 is 4.74 Å². The Bertz CT molecular complexity index is 828. The number of benzene rings is 2. The summed E-state index contributed by atoms with van der Waals surface area (Å²) >= 11 is 0. The molecule has 0 aliphatic carbocycles. The molecule has 0 aliphatic heterocycles. The van der Waals surface area contributed by atoms with Crippen molar-refractivity contribution < 1.29 is 14.6 Å². The van der Waals surface area contributed by atoms with Gasteiger partial charge in [0.25, 0.3) is 0 Å². The molecule has 1 unspecified atom stereocenters. The van der Waals surface area contributed by atoms with Crippen LogP contribution in [-0.2, 0) is 4.79 Å². The lowest BCUT2D eigenvalue weighted by Crippen LogP contribution is -2.38. The maximum atomic E-state index is 12.4. The quantitative estimate of drug-likeness (QED) is 0.293. The first-order valence-electron chi connectivity index (χ1n) is 11.6. The van der Waals surface area contributed by atoms with Gasteiger partial charge < -0.3 is 9.84 Å². The minimum absolute atomic E-state index is 0. The van der Waals surface area contributed by atoms with Gasteiger partial charge in [-0.2, -0.15) is 0 Å². The molecule has 0 fully saturated rings. The Balaban J connectivity index is 0.00000512. The number of unbranched alkanes of at least 4 members (excludes halogenated alkanes) is 1. The van der Waals surface area contributed by atoms with Crippen LogP contribution in [0.4, 0.5) is 0 Å². The van der Waals surface area contributed by atoms with E-state index in [1.54, 1.807) is 12.1 Å². The van der Waals surface area contributed by atoms with E-state index in [4.69, 9.17) is 4.74 Å². The highest BCUT2D eigenvalue weighted by Crippen LogP contribution is 2.40. The van der Waals surface area contributed by atoms with Gasteiger partial charge in [-0.1, -0.05) is 43.7 Å². The van der Waals surface area contributed by atoms with Crippen molar-refractivity contribution in [3.8, 4) is 11.5 Å². The number of aromatic hydroxyl groups is 1. The molecule has 0 saturated carbocycles. The molecular weight excluding hydrogens is 422 g/mol. The molecule has 0 heterocycles. The molecule has 0 aliphatic rings. The maximum absolute atomic E-state index is 12.4. The second-order valence-corrected chi connectivity index (χ2v) is 8.88. The second kappa shape index (κ2) is 13.5. The van der Waals surface area contributed by atoms with E-state index in [0.29, 0.717) is 24.3 Å². The van der Waals surface area contributed by atoms with Gasteiger partial charge >= 0.3 is 5.97 Å². The molecule has 2 aromatic carbocycles. The monoisotopic (exact) mass is 461 g/mol. The number of rotatable bonds is 11. The van der Waals surface area contributed by atoms with E-state index in [1.807, 2.05) is 25.1 Å². The van der Waals surface area contributed by atoms with Crippen molar-refractivity contribution in [2.45, 2.75) is 85.2 Å². The van der Waals surface area contributed by atoms with Gasteiger partial charge in [-0.05, 0) is 77.3 Å². The van der Waals surface area contributed by atoms with Crippen LogP contribution >= 0.6 is 12.4 Å². The van der Waals surface area contributed by atoms with Crippen LogP contribution in [0, 0.1) is 6.92 Å². The lowest BCUT2D eigenvalue weighted by Gasteiger charge is -2.33. The summed E-state index contributed by atoms with van der Waals surface area (Å²) in [6.07, 6.45) is 3.03. The SMILES string of the molecule is CCCCC(=O)Oc1ccc(O)c(C)c1C(CCN(C(C)C)C(C)C)c1ccccc1.Cl. The molecule has 2 aromatic rings. The Hall–Kier alpha value is -2.04. The summed E-state index contributed by atoms with van der Waals surface area (Å²) in [4.78, 5) is 14.9. The van der Waals surface area contributed by atoms with Gasteiger partial charge in [0.15, 0.2) is 0 Å². The van der Waals surface area contributed by atoms with Crippen LogP contribution in [0.2, 0.25) is 0 Å². The predicted molar refractivity (Wildman–Crippen MR) is 135 cm³/mol. The van der Waals surface area contributed by atoms with Crippen molar-refractivity contribution in [2.24, 2.45) is 0 Å². The molecule has 0 spiro atoms. The summed E-state index contributed by atoms with van der Waals surface area (Å²) in [5.41, 5.74) is 2.84. The van der Waals surface area contributed by atoms with E-state index >= 15 is 0 Å². The molecule has 0 saturated heterocycles. The smallest absolute Gasteiger partial charge is 0.311 e. The molecule has 0 aromatic heterocycles. The predicted octanol–water partition coefficient (Wildman–Crippen LogP) is 6.86. The number of ether oxygens (including phenoxy) is 1. The lowest BCUT2D eigenvalue weighted by molar-refractivity contribution is -0.134. The van der Waals surface area contributed by atoms with Crippen LogP contribution in [0.5, 0.6) is 11.5 Å². The van der Waals surface area contributed by atoms with Crippen LogP contribution in [-0.4, -0.2) is 34.6 Å². The molecule has 0 bridgehead atoms. The topological polar surface area (TPSA) is 49.8 Å². The molecule has 4 nitrogen and oxygen atoms in total. The molecule has 0 radical (unpaired) electrons. The fraction of sp³-hybridized carbons (Fsp3) is 0.519. The molecule has 0 amide bonds.